The van der Waals surface area contributed by atoms with Gasteiger partial charge in [-0.15, -0.1) is 0 Å². The Labute approximate surface area is 112 Å². The van der Waals surface area contributed by atoms with E-state index in [2.05, 4.69) is 10.4 Å². The van der Waals surface area contributed by atoms with E-state index in [0.29, 0.717) is 11.4 Å². The fraction of sp³-hybridized carbons (Fsp3) is 0.167. The third kappa shape index (κ3) is 2.40. The Morgan fingerprint density at radius 1 is 1.45 bits per heavy atom. The van der Waals surface area contributed by atoms with Crippen molar-refractivity contribution in [3.8, 4) is 0 Å². The molecule has 4 N–H and O–H groups in total. The summed E-state index contributed by atoms with van der Waals surface area (Å²) in [6, 6.07) is 2.16. The predicted molar refractivity (Wildman–Crippen MR) is 68.3 cm³/mol. The fourth-order valence-electron chi connectivity index (χ4n) is 1.67. The summed E-state index contributed by atoms with van der Waals surface area (Å²) < 4.78 is 28.6. The van der Waals surface area contributed by atoms with Crippen LogP contribution < -0.4 is 11.1 Å². The van der Waals surface area contributed by atoms with Crippen LogP contribution in [0.3, 0.4) is 0 Å². The summed E-state index contributed by atoms with van der Waals surface area (Å²) in [4.78, 5) is 10.7. The number of rotatable bonds is 4. The number of nitrogen functional groups attached to an aromatic ring is 1. The zero-order chi connectivity index (χ0) is 14.9. The van der Waals surface area contributed by atoms with E-state index in [1.54, 1.807) is 7.05 Å². The standard InChI is InChI=1S/C12H12F2N4O2/c1-18-11(15)6(5-17-18)4-16-8-3-2-7(12(19)20)9(13)10(8)14/h2-3,5,16H,4,15H2,1H3,(H,19,20). The third-order valence-corrected chi connectivity index (χ3v) is 2.85. The molecule has 0 bridgehead atoms. The summed E-state index contributed by atoms with van der Waals surface area (Å²) in [5, 5.41) is 15.2. The maximum absolute atomic E-state index is 13.7. The highest BCUT2D eigenvalue weighted by molar-refractivity contribution is 5.88. The van der Waals surface area contributed by atoms with Crippen LogP contribution in [-0.4, -0.2) is 20.9 Å². The number of anilines is 2. The van der Waals surface area contributed by atoms with Crippen LogP contribution in [0.25, 0.3) is 0 Å². The molecule has 0 aliphatic carbocycles. The number of hydrogen-bond acceptors (Lipinski definition) is 4. The normalized spacial score (nSPS) is 10.6. The molecule has 0 amide bonds. The monoisotopic (exact) mass is 282 g/mol. The maximum atomic E-state index is 13.7. The molecule has 2 aromatic rings. The van der Waals surface area contributed by atoms with Crippen LogP contribution in [0.2, 0.25) is 0 Å². The molecule has 0 atom stereocenters. The lowest BCUT2D eigenvalue weighted by atomic mass is 10.1. The number of aryl methyl sites for hydroxylation is 1. The van der Waals surface area contributed by atoms with Crippen molar-refractivity contribution in [2.45, 2.75) is 6.54 Å². The van der Waals surface area contributed by atoms with Crippen molar-refractivity contribution < 1.29 is 18.7 Å². The minimum absolute atomic E-state index is 0.141. The highest BCUT2D eigenvalue weighted by Gasteiger charge is 2.18. The Balaban J connectivity index is 2.21. The van der Waals surface area contributed by atoms with Gasteiger partial charge in [0.2, 0.25) is 0 Å². The van der Waals surface area contributed by atoms with Gasteiger partial charge in [0.25, 0.3) is 0 Å². The second kappa shape index (κ2) is 5.16. The number of nitrogens with zero attached hydrogens (tertiary/aromatic N) is 2. The van der Waals surface area contributed by atoms with Crippen LogP contribution in [0.5, 0.6) is 0 Å². The quantitative estimate of drug-likeness (QED) is 0.791. The fourth-order valence-corrected chi connectivity index (χ4v) is 1.67. The number of nitrogens with two attached hydrogens (primary N) is 1. The molecule has 1 aromatic carbocycles. The molecule has 0 unspecified atom stereocenters. The van der Waals surface area contributed by atoms with Gasteiger partial charge in [-0.1, -0.05) is 0 Å². The van der Waals surface area contributed by atoms with Crippen LogP contribution >= 0.6 is 0 Å². The predicted octanol–water partition coefficient (Wildman–Crippen LogP) is 1.59. The molecule has 6 nitrogen and oxygen atoms in total. The Morgan fingerprint density at radius 3 is 2.70 bits per heavy atom. The summed E-state index contributed by atoms with van der Waals surface area (Å²) in [5.74, 6) is -3.76. The smallest absolute Gasteiger partial charge is 0.338 e. The summed E-state index contributed by atoms with van der Waals surface area (Å²) in [6.07, 6.45) is 1.50. The van der Waals surface area contributed by atoms with E-state index < -0.39 is 23.2 Å². The van der Waals surface area contributed by atoms with Crippen LogP contribution in [0.4, 0.5) is 20.3 Å². The van der Waals surface area contributed by atoms with Crippen molar-refractivity contribution in [3.63, 3.8) is 0 Å². The number of nitrogens with one attached hydrogen (secondary N) is 1. The molecule has 20 heavy (non-hydrogen) atoms. The third-order valence-electron chi connectivity index (χ3n) is 2.85. The lowest BCUT2D eigenvalue weighted by Crippen LogP contribution is -2.08. The number of aromatic nitrogens is 2. The molecule has 0 aliphatic rings. The number of carboxylic acids is 1. The van der Waals surface area contributed by atoms with Crippen molar-refractivity contribution in [3.05, 3.63) is 41.1 Å². The molecule has 8 heteroatoms. The van der Waals surface area contributed by atoms with Crippen molar-refractivity contribution in [1.82, 2.24) is 9.78 Å². The first-order valence-electron chi connectivity index (χ1n) is 5.63. The number of hydrogen-bond donors (Lipinski definition) is 3. The van der Waals surface area contributed by atoms with Crippen molar-refractivity contribution >= 4 is 17.5 Å². The summed E-state index contributed by atoms with van der Waals surface area (Å²) in [7, 11) is 1.65. The highest BCUT2D eigenvalue weighted by atomic mass is 19.2. The van der Waals surface area contributed by atoms with Gasteiger partial charge in [-0.3, -0.25) is 4.68 Å². The molecular formula is C12H12F2N4O2. The Kier molecular flexibility index (Phi) is 3.55. The molecule has 1 heterocycles. The van der Waals surface area contributed by atoms with E-state index in [0.717, 1.165) is 12.1 Å². The first-order chi connectivity index (χ1) is 9.41. The average molecular weight is 282 g/mol. The largest absolute Gasteiger partial charge is 0.478 e. The van der Waals surface area contributed by atoms with Gasteiger partial charge in [0.15, 0.2) is 11.6 Å². The minimum Gasteiger partial charge on any atom is -0.478 e. The van der Waals surface area contributed by atoms with Crippen molar-refractivity contribution in [1.29, 1.82) is 0 Å². The lowest BCUT2D eigenvalue weighted by molar-refractivity contribution is 0.0690. The van der Waals surface area contributed by atoms with Gasteiger partial charge in [0.1, 0.15) is 5.82 Å². The van der Waals surface area contributed by atoms with E-state index in [9.17, 15) is 13.6 Å². The molecule has 0 radical (unpaired) electrons. The molecule has 0 saturated carbocycles. The Bertz CT molecular complexity index is 670. The van der Waals surface area contributed by atoms with Crippen molar-refractivity contribution in [2.75, 3.05) is 11.1 Å². The van der Waals surface area contributed by atoms with Crippen LogP contribution in [0.1, 0.15) is 15.9 Å². The van der Waals surface area contributed by atoms with Crippen molar-refractivity contribution in [2.24, 2.45) is 7.05 Å². The van der Waals surface area contributed by atoms with E-state index in [1.165, 1.54) is 10.9 Å². The topological polar surface area (TPSA) is 93.2 Å². The number of benzene rings is 1. The molecule has 0 fully saturated rings. The van der Waals surface area contributed by atoms with Gasteiger partial charge in [-0.2, -0.15) is 5.10 Å². The van der Waals surface area contributed by atoms with Crippen LogP contribution in [-0.2, 0) is 13.6 Å². The first-order valence-corrected chi connectivity index (χ1v) is 5.63. The minimum atomic E-state index is -1.52. The van der Waals surface area contributed by atoms with Gasteiger partial charge in [0.05, 0.1) is 17.4 Å². The van der Waals surface area contributed by atoms with E-state index in [1.807, 2.05) is 0 Å². The number of halogens is 2. The SMILES string of the molecule is Cn1ncc(CNc2ccc(C(=O)O)c(F)c2F)c1N. The van der Waals surface area contributed by atoms with Gasteiger partial charge in [0, 0.05) is 19.2 Å². The zero-order valence-corrected chi connectivity index (χ0v) is 10.5. The molecule has 1 aromatic heterocycles. The first kappa shape index (κ1) is 13.8. The van der Waals surface area contributed by atoms with Gasteiger partial charge < -0.3 is 16.2 Å². The summed E-state index contributed by atoms with van der Waals surface area (Å²) in [6.45, 7) is 0.141. The highest BCUT2D eigenvalue weighted by Crippen LogP contribution is 2.22. The summed E-state index contributed by atoms with van der Waals surface area (Å²) >= 11 is 0. The molecule has 106 valence electrons. The molecule has 0 spiro atoms. The van der Waals surface area contributed by atoms with Gasteiger partial charge in [-0.05, 0) is 12.1 Å². The van der Waals surface area contributed by atoms with Crippen LogP contribution in [0, 0.1) is 11.6 Å². The molecule has 2 rings (SSSR count). The Hall–Kier alpha value is -2.64. The maximum Gasteiger partial charge on any atom is 0.338 e. The second-order valence-electron chi connectivity index (χ2n) is 4.13. The van der Waals surface area contributed by atoms with Gasteiger partial charge in [-0.25, -0.2) is 13.6 Å². The molecule has 0 aliphatic heterocycles. The zero-order valence-electron chi connectivity index (χ0n) is 10.5. The Morgan fingerprint density at radius 2 is 2.15 bits per heavy atom. The van der Waals surface area contributed by atoms with Crippen LogP contribution in [0.15, 0.2) is 18.3 Å². The van der Waals surface area contributed by atoms with E-state index in [-0.39, 0.29) is 12.2 Å². The van der Waals surface area contributed by atoms with E-state index in [4.69, 9.17) is 10.8 Å². The van der Waals surface area contributed by atoms with E-state index >= 15 is 0 Å². The second-order valence-corrected chi connectivity index (χ2v) is 4.13. The number of aromatic carboxylic acids is 1. The molecular weight excluding hydrogens is 270 g/mol. The lowest BCUT2D eigenvalue weighted by Gasteiger charge is -2.09. The number of carbonyl (C=O) groups is 1. The molecule has 0 saturated heterocycles. The summed E-state index contributed by atoms with van der Waals surface area (Å²) in [5.41, 5.74) is 5.48. The number of carboxylic acid groups (broad SMARTS) is 1. The average Bonchev–Trinajstić information content (AvgIpc) is 2.71. The van der Waals surface area contributed by atoms with Gasteiger partial charge >= 0.3 is 5.97 Å².